The van der Waals surface area contributed by atoms with Gasteiger partial charge in [-0.25, -0.2) is 0 Å². The van der Waals surface area contributed by atoms with Crippen LogP contribution < -0.4 is 5.32 Å². The molecule has 1 aliphatic heterocycles. The van der Waals surface area contributed by atoms with Crippen LogP contribution in [0.2, 0.25) is 0 Å². The Kier molecular flexibility index (Phi) is 4.11. The van der Waals surface area contributed by atoms with E-state index in [9.17, 15) is 4.79 Å². The lowest BCUT2D eigenvalue weighted by Crippen LogP contribution is -2.52. The first-order valence-electron chi connectivity index (χ1n) is 7.40. The number of carbonyl (C=O) groups excluding carboxylic acids is 1. The molecule has 1 N–H and O–H groups in total. The number of carbonyl (C=O) groups is 1. The van der Waals surface area contributed by atoms with Crippen molar-refractivity contribution in [3.63, 3.8) is 0 Å². The summed E-state index contributed by atoms with van der Waals surface area (Å²) in [5, 5.41) is 2.80. The highest BCUT2D eigenvalue weighted by atomic mass is 16.2. The molecule has 1 atom stereocenters. The highest BCUT2D eigenvalue weighted by Gasteiger charge is 2.49. The van der Waals surface area contributed by atoms with Gasteiger partial charge in [0.2, 0.25) is 5.91 Å². The number of likely N-dealkylation sites (N-methyl/N-ethyl adjacent to an activating group) is 1. The summed E-state index contributed by atoms with van der Waals surface area (Å²) in [4.78, 5) is 27.5. The molecule has 0 saturated carbocycles. The predicted molar refractivity (Wildman–Crippen MR) is 81.7 cm³/mol. The van der Waals surface area contributed by atoms with E-state index in [1.807, 2.05) is 12.1 Å². The van der Waals surface area contributed by atoms with Gasteiger partial charge in [-0.15, -0.1) is 0 Å². The van der Waals surface area contributed by atoms with Crippen molar-refractivity contribution >= 4 is 5.91 Å². The van der Waals surface area contributed by atoms with Gasteiger partial charge in [0.15, 0.2) is 0 Å². The second kappa shape index (κ2) is 6.19. The van der Waals surface area contributed by atoms with Crippen molar-refractivity contribution in [1.29, 1.82) is 0 Å². The molecule has 114 valence electrons. The molecular formula is C16H19N5O. The standard InChI is InChI=1S/C16H19N5O/c1-17-15(22)16(14-11-19-8-9-20-14)5-2-10-21(16)12-13-3-6-18-7-4-13/h3-4,6-9,11H,2,5,10,12H2,1H3,(H,17,22). The van der Waals surface area contributed by atoms with Gasteiger partial charge in [0, 0.05) is 38.4 Å². The lowest BCUT2D eigenvalue weighted by molar-refractivity contribution is -0.132. The van der Waals surface area contributed by atoms with E-state index in [1.165, 1.54) is 0 Å². The van der Waals surface area contributed by atoms with Crippen LogP contribution in [0.1, 0.15) is 24.1 Å². The first-order valence-corrected chi connectivity index (χ1v) is 7.40. The summed E-state index contributed by atoms with van der Waals surface area (Å²) in [6.45, 7) is 1.54. The maximum absolute atomic E-state index is 12.7. The van der Waals surface area contributed by atoms with Crippen molar-refractivity contribution in [2.45, 2.75) is 24.9 Å². The summed E-state index contributed by atoms with van der Waals surface area (Å²) in [6, 6.07) is 3.95. The summed E-state index contributed by atoms with van der Waals surface area (Å²) < 4.78 is 0. The van der Waals surface area contributed by atoms with E-state index in [2.05, 4.69) is 25.2 Å². The van der Waals surface area contributed by atoms with Crippen molar-refractivity contribution in [2.75, 3.05) is 13.6 Å². The predicted octanol–water partition coefficient (Wildman–Crippen LogP) is 1.11. The highest BCUT2D eigenvalue weighted by molar-refractivity contribution is 5.87. The van der Waals surface area contributed by atoms with Crippen LogP contribution in [-0.2, 0) is 16.9 Å². The fourth-order valence-electron chi connectivity index (χ4n) is 3.18. The quantitative estimate of drug-likeness (QED) is 0.915. The molecule has 1 fully saturated rings. The van der Waals surface area contributed by atoms with Gasteiger partial charge in [0.25, 0.3) is 0 Å². The number of rotatable bonds is 4. The molecular weight excluding hydrogens is 278 g/mol. The molecule has 0 radical (unpaired) electrons. The number of pyridine rings is 1. The summed E-state index contributed by atoms with van der Waals surface area (Å²) in [6.07, 6.45) is 10.2. The van der Waals surface area contributed by atoms with E-state index >= 15 is 0 Å². The van der Waals surface area contributed by atoms with Crippen LogP contribution in [0.25, 0.3) is 0 Å². The zero-order valence-electron chi connectivity index (χ0n) is 12.6. The second-order valence-corrected chi connectivity index (χ2v) is 5.41. The lowest BCUT2D eigenvalue weighted by Gasteiger charge is -2.36. The molecule has 1 unspecified atom stereocenters. The molecule has 0 aliphatic carbocycles. The van der Waals surface area contributed by atoms with Crippen molar-refractivity contribution in [3.05, 3.63) is 54.4 Å². The van der Waals surface area contributed by atoms with E-state index in [-0.39, 0.29) is 5.91 Å². The number of hydrogen-bond donors (Lipinski definition) is 1. The summed E-state index contributed by atoms with van der Waals surface area (Å²) in [5.74, 6) is -0.0282. The fourth-order valence-corrected chi connectivity index (χ4v) is 3.18. The third kappa shape index (κ3) is 2.46. The Morgan fingerprint density at radius 1 is 1.27 bits per heavy atom. The molecule has 0 spiro atoms. The first-order chi connectivity index (χ1) is 10.8. The number of hydrogen-bond acceptors (Lipinski definition) is 5. The molecule has 1 saturated heterocycles. The van der Waals surface area contributed by atoms with Crippen molar-refractivity contribution in [1.82, 2.24) is 25.2 Å². The number of nitrogens with zero attached hydrogens (tertiary/aromatic N) is 4. The molecule has 6 heteroatoms. The molecule has 2 aromatic heterocycles. The number of aromatic nitrogens is 3. The molecule has 0 bridgehead atoms. The van der Waals surface area contributed by atoms with Gasteiger partial charge in [0.1, 0.15) is 5.54 Å². The zero-order chi connectivity index (χ0) is 15.4. The fraction of sp³-hybridized carbons (Fsp3) is 0.375. The Morgan fingerprint density at radius 2 is 2.09 bits per heavy atom. The molecule has 0 aromatic carbocycles. The maximum atomic E-state index is 12.7. The summed E-state index contributed by atoms with van der Waals surface area (Å²) in [7, 11) is 1.67. The van der Waals surface area contributed by atoms with Gasteiger partial charge in [0.05, 0.1) is 11.9 Å². The van der Waals surface area contributed by atoms with E-state index in [1.54, 1.807) is 38.0 Å². The minimum Gasteiger partial charge on any atom is -0.357 e. The maximum Gasteiger partial charge on any atom is 0.246 e. The van der Waals surface area contributed by atoms with Crippen LogP contribution in [0, 0.1) is 0 Å². The summed E-state index contributed by atoms with van der Waals surface area (Å²) in [5.41, 5.74) is 1.10. The monoisotopic (exact) mass is 297 g/mol. The molecule has 1 aliphatic rings. The Morgan fingerprint density at radius 3 is 2.77 bits per heavy atom. The SMILES string of the molecule is CNC(=O)C1(c2cnccn2)CCCN1Cc1ccncc1. The lowest BCUT2D eigenvalue weighted by atomic mass is 9.90. The molecule has 3 heterocycles. The third-order valence-electron chi connectivity index (χ3n) is 4.22. The van der Waals surface area contributed by atoms with Crippen LogP contribution in [0.15, 0.2) is 43.1 Å². The average molecular weight is 297 g/mol. The van der Waals surface area contributed by atoms with Gasteiger partial charge in [-0.3, -0.25) is 24.6 Å². The minimum atomic E-state index is -0.744. The smallest absolute Gasteiger partial charge is 0.246 e. The molecule has 22 heavy (non-hydrogen) atoms. The van der Waals surface area contributed by atoms with Crippen LogP contribution in [0.5, 0.6) is 0 Å². The van der Waals surface area contributed by atoms with Crippen LogP contribution in [0.3, 0.4) is 0 Å². The van der Waals surface area contributed by atoms with E-state index in [0.717, 1.165) is 24.9 Å². The Labute approximate surface area is 129 Å². The number of likely N-dealkylation sites (tertiary alicyclic amines) is 1. The minimum absolute atomic E-state index is 0.0282. The zero-order valence-corrected chi connectivity index (χ0v) is 12.6. The number of amides is 1. The van der Waals surface area contributed by atoms with Gasteiger partial charge in [-0.1, -0.05) is 0 Å². The Bertz CT molecular complexity index is 633. The molecule has 1 amide bonds. The highest BCUT2D eigenvalue weighted by Crippen LogP contribution is 2.38. The van der Waals surface area contributed by atoms with E-state index < -0.39 is 5.54 Å². The Hall–Kier alpha value is -2.34. The van der Waals surface area contributed by atoms with Crippen LogP contribution in [-0.4, -0.2) is 39.4 Å². The third-order valence-corrected chi connectivity index (χ3v) is 4.22. The summed E-state index contributed by atoms with van der Waals surface area (Å²) >= 11 is 0. The van der Waals surface area contributed by atoms with E-state index in [4.69, 9.17) is 0 Å². The first kappa shape index (κ1) is 14.6. The van der Waals surface area contributed by atoms with Gasteiger partial charge >= 0.3 is 0 Å². The Balaban J connectivity index is 1.99. The molecule has 6 nitrogen and oxygen atoms in total. The van der Waals surface area contributed by atoms with Crippen LogP contribution in [0.4, 0.5) is 0 Å². The molecule has 3 rings (SSSR count). The number of nitrogens with one attached hydrogen (secondary N) is 1. The van der Waals surface area contributed by atoms with Crippen LogP contribution >= 0.6 is 0 Å². The van der Waals surface area contributed by atoms with Gasteiger partial charge < -0.3 is 5.32 Å². The van der Waals surface area contributed by atoms with Crippen molar-refractivity contribution in [3.8, 4) is 0 Å². The van der Waals surface area contributed by atoms with Gasteiger partial charge in [-0.2, -0.15) is 0 Å². The van der Waals surface area contributed by atoms with Gasteiger partial charge in [-0.05, 0) is 37.1 Å². The van der Waals surface area contributed by atoms with Crippen molar-refractivity contribution in [2.24, 2.45) is 0 Å². The average Bonchev–Trinajstić information content (AvgIpc) is 3.00. The van der Waals surface area contributed by atoms with Crippen molar-refractivity contribution < 1.29 is 4.79 Å². The largest absolute Gasteiger partial charge is 0.357 e. The van der Waals surface area contributed by atoms with E-state index in [0.29, 0.717) is 12.2 Å². The normalized spacial score (nSPS) is 21.7. The topological polar surface area (TPSA) is 71.0 Å². The molecule has 2 aromatic rings. The second-order valence-electron chi connectivity index (χ2n) is 5.41.